The number of hydrogen-bond acceptors (Lipinski definition) is 4. The maximum atomic E-state index is 11.1. The van der Waals surface area contributed by atoms with E-state index in [4.69, 9.17) is 9.84 Å². The molecule has 92 valence electrons. The molecule has 1 aromatic carbocycles. The lowest BCUT2D eigenvalue weighted by atomic mass is 10.2. The number of ketones is 1. The molecular weight excluding hydrogens is 222 g/mol. The van der Waals surface area contributed by atoms with E-state index in [1.54, 1.807) is 24.3 Å². The number of benzene rings is 1. The molecule has 2 N–H and O–H groups in total. The van der Waals surface area contributed by atoms with E-state index in [1.165, 1.54) is 6.92 Å². The highest BCUT2D eigenvalue weighted by Crippen LogP contribution is 2.16. The Morgan fingerprint density at radius 2 is 1.94 bits per heavy atom. The van der Waals surface area contributed by atoms with Gasteiger partial charge in [-0.2, -0.15) is 0 Å². The number of anilines is 1. The molecule has 5 heteroatoms. The Morgan fingerprint density at radius 3 is 2.35 bits per heavy atom. The molecule has 0 bridgehead atoms. The predicted molar refractivity (Wildman–Crippen MR) is 63.3 cm³/mol. The molecule has 1 rings (SSSR count). The van der Waals surface area contributed by atoms with Gasteiger partial charge >= 0.3 is 5.97 Å². The fraction of sp³-hybridized carbons (Fsp3) is 0.333. The second-order valence-corrected chi connectivity index (χ2v) is 3.48. The number of ether oxygens (including phenoxy) is 1. The number of rotatable bonds is 6. The number of hydrogen-bond donors (Lipinski definition) is 2. The first-order valence-electron chi connectivity index (χ1n) is 5.27. The third-order valence-corrected chi connectivity index (χ3v) is 2.13. The SMILES string of the molecule is CCOc1ccc(NC(C(C)=O)C(=O)O)cc1. The van der Waals surface area contributed by atoms with Gasteiger partial charge in [-0.3, -0.25) is 4.79 Å². The first kappa shape index (κ1) is 13.0. The minimum Gasteiger partial charge on any atom is -0.494 e. The molecule has 1 atom stereocenters. The number of Topliss-reactive ketones (excluding diaryl/α,β-unsaturated/α-hetero) is 1. The first-order chi connectivity index (χ1) is 8.04. The molecule has 0 heterocycles. The van der Waals surface area contributed by atoms with Gasteiger partial charge in [-0.15, -0.1) is 0 Å². The fourth-order valence-corrected chi connectivity index (χ4v) is 1.32. The van der Waals surface area contributed by atoms with E-state index in [0.29, 0.717) is 18.0 Å². The first-order valence-corrected chi connectivity index (χ1v) is 5.27. The number of carboxylic acids is 1. The molecule has 0 amide bonds. The predicted octanol–water partition coefficient (Wildman–Crippen LogP) is 1.54. The smallest absolute Gasteiger partial charge is 0.333 e. The maximum absolute atomic E-state index is 11.1. The van der Waals surface area contributed by atoms with Crippen LogP contribution in [0.4, 0.5) is 5.69 Å². The molecular formula is C12H15NO4. The largest absolute Gasteiger partial charge is 0.494 e. The normalized spacial score (nSPS) is 11.6. The van der Waals surface area contributed by atoms with Crippen LogP contribution in [0.25, 0.3) is 0 Å². The van der Waals surface area contributed by atoms with Crippen molar-refractivity contribution in [1.29, 1.82) is 0 Å². The van der Waals surface area contributed by atoms with Crippen molar-refractivity contribution in [2.24, 2.45) is 0 Å². The Labute approximate surface area is 99.4 Å². The Kier molecular flexibility index (Phi) is 4.51. The van der Waals surface area contributed by atoms with Crippen LogP contribution in [0.15, 0.2) is 24.3 Å². The van der Waals surface area contributed by atoms with Crippen LogP contribution in [0.3, 0.4) is 0 Å². The van der Waals surface area contributed by atoms with Gasteiger partial charge in [0.2, 0.25) is 0 Å². The molecule has 5 nitrogen and oxygen atoms in total. The average molecular weight is 237 g/mol. The Morgan fingerprint density at radius 1 is 1.35 bits per heavy atom. The number of carbonyl (C=O) groups is 2. The molecule has 1 aromatic rings. The Bertz CT molecular complexity index is 385. The van der Waals surface area contributed by atoms with Crippen LogP contribution in [0.2, 0.25) is 0 Å². The van der Waals surface area contributed by atoms with Crippen molar-refractivity contribution < 1.29 is 19.4 Å². The summed E-state index contributed by atoms with van der Waals surface area (Å²) in [6, 6.07) is 5.55. The van der Waals surface area contributed by atoms with Crippen molar-refractivity contribution in [3.8, 4) is 5.75 Å². The summed E-state index contributed by atoms with van der Waals surface area (Å²) >= 11 is 0. The molecule has 17 heavy (non-hydrogen) atoms. The summed E-state index contributed by atoms with van der Waals surface area (Å²) in [6.07, 6.45) is 0. The lowest BCUT2D eigenvalue weighted by molar-refractivity contribution is -0.140. The highest BCUT2D eigenvalue weighted by Gasteiger charge is 2.21. The molecule has 0 aliphatic heterocycles. The molecule has 0 spiro atoms. The molecule has 0 aliphatic rings. The molecule has 0 fully saturated rings. The van der Waals surface area contributed by atoms with Gasteiger partial charge < -0.3 is 15.2 Å². The van der Waals surface area contributed by atoms with Gasteiger partial charge in [-0.1, -0.05) is 0 Å². The molecule has 1 unspecified atom stereocenters. The topological polar surface area (TPSA) is 75.6 Å². The van der Waals surface area contributed by atoms with E-state index in [0.717, 1.165) is 0 Å². The lowest BCUT2D eigenvalue weighted by Gasteiger charge is -2.13. The second-order valence-electron chi connectivity index (χ2n) is 3.48. The quantitative estimate of drug-likeness (QED) is 0.734. The summed E-state index contributed by atoms with van der Waals surface area (Å²) < 4.78 is 5.25. The van der Waals surface area contributed by atoms with Crippen LogP contribution < -0.4 is 10.1 Å². The van der Waals surface area contributed by atoms with Crippen LogP contribution in [0, 0.1) is 0 Å². The van der Waals surface area contributed by atoms with Crippen molar-refractivity contribution >= 4 is 17.4 Å². The number of carbonyl (C=O) groups excluding carboxylic acids is 1. The van der Waals surface area contributed by atoms with Crippen molar-refractivity contribution in [2.75, 3.05) is 11.9 Å². The summed E-state index contributed by atoms with van der Waals surface area (Å²) in [7, 11) is 0. The monoisotopic (exact) mass is 237 g/mol. The summed E-state index contributed by atoms with van der Waals surface area (Å²) in [5.41, 5.74) is 0.566. The van der Waals surface area contributed by atoms with Crippen molar-refractivity contribution in [3.63, 3.8) is 0 Å². The van der Waals surface area contributed by atoms with Gasteiger partial charge in [0.15, 0.2) is 11.8 Å². The van der Waals surface area contributed by atoms with Crippen LogP contribution in [0.1, 0.15) is 13.8 Å². The third-order valence-electron chi connectivity index (χ3n) is 2.13. The summed E-state index contributed by atoms with van der Waals surface area (Å²) in [6.45, 7) is 3.68. The van der Waals surface area contributed by atoms with Crippen LogP contribution in [-0.2, 0) is 9.59 Å². The van der Waals surface area contributed by atoms with Crippen molar-refractivity contribution in [2.45, 2.75) is 19.9 Å². The zero-order valence-corrected chi connectivity index (χ0v) is 9.77. The van der Waals surface area contributed by atoms with Crippen LogP contribution >= 0.6 is 0 Å². The standard InChI is InChI=1S/C12H15NO4/c1-3-17-10-6-4-9(5-7-10)13-11(8(2)14)12(15)16/h4-7,11,13H,3H2,1-2H3,(H,15,16). The van der Waals surface area contributed by atoms with Crippen molar-refractivity contribution in [3.05, 3.63) is 24.3 Å². The zero-order chi connectivity index (χ0) is 12.8. The van der Waals surface area contributed by atoms with Crippen LogP contribution in [0.5, 0.6) is 5.75 Å². The molecule has 0 aromatic heterocycles. The van der Waals surface area contributed by atoms with Crippen molar-refractivity contribution in [1.82, 2.24) is 0 Å². The highest BCUT2D eigenvalue weighted by molar-refractivity contribution is 6.03. The molecule has 0 saturated heterocycles. The maximum Gasteiger partial charge on any atom is 0.333 e. The number of carboxylic acid groups (broad SMARTS) is 1. The molecule has 0 aliphatic carbocycles. The highest BCUT2D eigenvalue weighted by atomic mass is 16.5. The van der Waals surface area contributed by atoms with E-state index in [1.807, 2.05) is 6.92 Å². The van der Waals surface area contributed by atoms with Gasteiger partial charge in [0.1, 0.15) is 5.75 Å². The lowest BCUT2D eigenvalue weighted by Crippen LogP contribution is -2.35. The average Bonchev–Trinajstić information content (AvgIpc) is 2.27. The van der Waals surface area contributed by atoms with Gasteiger partial charge in [-0.05, 0) is 38.1 Å². The number of aliphatic carboxylic acids is 1. The van der Waals surface area contributed by atoms with E-state index >= 15 is 0 Å². The van der Waals surface area contributed by atoms with Crippen LogP contribution in [-0.4, -0.2) is 29.5 Å². The van der Waals surface area contributed by atoms with E-state index in [2.05, 4.69) is 5.32 Å². The molecule has 0 radical (unpaired) electrons. The summed E-state index contributed by atoms with van der Waals surface area (Å²) in [5.74, 6) is -0.925. The fourth-order valence-electron chi connectivity index (χ4n) is 1.32. The Hall–Kier alpha value is -2.04. The second kappa shape index (κ2) is 5.89. The van der Waals surface area contributed by atoms with Gasteiger partial charge in [0, 0.05) is 5.69 Å². The minimum absolute atomic E-state index is 0.439. The van der Waals surface area contributed by atoms with Gasteiger partial charge in [0.25, 0.3) is 0 Å². The minimum atomic E-state index is -1.21. The number of nitrogens with one attached hydrogen (secondary N) is 1. The third kappa shape index (κ3) is 3.79. The van der Waals surface area contributed by atoms with Gasteiger partial charge in [-0.25, -0.2) is 4.79 Å². The zero-order valence-electron chi connectivity index (χ0n) is 9.77. The summed E-state index contributed by atoms with van der Waals surface area (Å²) in [4.78, 5) is 21.9. The molecule has 0 saturated carbocycles. The van der Waals surface area contributed by atoms with E-state index in [-0.39, 0.29) is 0 Å². The van der Waals surface area contributed by atoms with Gasteiger partial charge in [0.05, 0.1) is 6.61 Å². The van der Waals surface area contributed by atoms with E-state index in [9.17, 15) is 9.59 Å². The Balaban J connectivity index is 2.73. The van der Waals surface area contributed by atoms with E-state index < -0.39 is 17.8 Å². The summed E-state index contributed by atoms with van der Waals surface area (Å²) in [5, 5.41) is 11.5.